The Morgan fingerprint density at radius 2 is 1.95 bits per heavy atom. The van der Waals surface area contributed by atoms with Gasteiger partial charge < -0.3 is 11.1 Å². The van der Waals surface area contributed by atoms with Crippen LogP contribution in [0.3, 0.4) is 0 Å². The van der Waals surface area contributed by atoms with Crippen LogP contribution in [0.1, 0.15) is 26.7 Å². The molecule has 0 amide bonds. The quantitative estimate of drug-likeness (QED) is 0.676. The highest BCUT2D eigenvalue weighted by Crippen LogP contribution is 2.20. The van der Waals surface area contributed by atoms with Crippen molar-refractivity contribution in [2.24, 2.45) is 5.73 Å². The minimum Gasteiger partial charge on any atom is -0.382 e. The number of nitrogens with one attached hydrogen (secondary N) is 2. The van der Waals surface area contributed by atoms with Gasteiger partial charge in [-0.1, -0.05) is 26.0 Å². The molecule has 0 aliphatic heterocycles. The molecular weight excluding hydrogens is 262 g/mol. The van der Waals surface area contributed by atoms with Gasteiger partial charge in [-0.15, -0.1) is 0 Å². The van der Waals surface area contributed by atoms with E-state index in [9.17, 15) is 8.42 Å². The van der Waals surface area contributed by atoms with E-state index in [2.05, 4.69) is 10.0 Å². The molecule has 0 saturated carbocycles. The topological polar surface area (TPSA) is 84.2 Å². The number of hydrogen-bond donors (Lipinski definition) is 3. The number of nitrogens with two attached hydrogens (primary N) is 1. The summed E-state index contributed by atoms with van der Waals surface area (Å²) in [5.74, 6) is 0. The van der Waals surface area contributed by atoms with Crippen molar-refractivity contribution in [1.82, 2.24) is 4.72 Å². The molecular formula is C13H23N3O2S. The molecule has 108 valence electrons. The Balaban J connectivity index is 2.89. The molecule has 19 heavy (non-hydrogen) atoms. The minimum atomic E-state index is -3.46. The van der Waals surface area contributed by atoms with Crippen molar-refractivity contribution in [2.75, 3.05) is 18.4 Å². The third-order valence-corrected chi connectivity index (χ3v) is 4.32. The average Bonchev–Trinajstić information content (AvgIpc) is 2.42. The van der Waals surface area contributed by atoms with Gasteiger partial charge >= 0.3 is 0 Å². The first-order valence-corrected chi connectivity index (χ1v) is 8.07. The zero-order valence-corrected chi connectivity index (χ0v) is 12.3. The summed E-state index contributed by atoms with van der Waals surface area (Å²) in [5, 5.41) is 3.10. The normalized spacial score (nSPS) is 13.2. The number of benzene rings is 1. The zero-order chi connectivity index (χ0) is 14.3. The van der Waals surface area contributed by atoms with E-state index in [1.54, 1.807) is 24.3 Å². The predicted octanol–water partition coefficient (Wildman–Crippen LogP) is 1.52. The summed E-state index contributed by atoms with van der Waals surface area (Å²) in [6.45, 7) is 4.91. The summed E-state index contributed by atoms with van der Waals surface area (Å²) in [6.07, 6.45) is 1.60. The highest BCUT2D eigenvalue weighted by molar-refractivity contribution is 7.89. The predicted molar refractivity (Wildman–Crippen MR) is 78.7 cm³/mol. The van der Waals surface area contributed by atoms with Gasteiger partial charge in [0.2, 0.25) is 10.0 Å². The molecule has 5 nitrogen and oxygen atoms in total. The standard InChI is InChI=1S/C13H23N3O2S/c1-3-9-16-19(17,18)13-8-6-5-7-12(13)15-10-11(14)4-2/h5-8,11,15-16H,3-4,9-10,14H2,1-2H3. The second kappa shape index (κ2) is 7.47. The van der Waals surface area contributed by atoms with Crippen LogP contribution in [0.5, 0.6) is 0 Å². The summed E-state index contributed by atoms with van der Waals surface area (Å²) in [7, 11) is -3.46. The fourth-order valence-corrected chi connectivity index (χ4v) is 2.86. The fraction of sp³-hybridized carbons (Fsp3) is 0.538. The van der Waals surface area contributed by atoms with Gasteiger partial charge in [-0.25, -0.2) is 13.1 Å². The van der Waals surface area contributed by atoms with Gasteiger partial charge in [-0.3, -0.25) is 0 Å². The first-order valence-electron chi connectivity index (χ1n) is 6.59. The molecule has 0 radical (unpaired) electrons. The molecule has 0 bridgehead atoms. The molecule has 1 aromatic rings. The van der Waals surface area contributed by atoms with E-state index < -0.39 is 10.0 Å². The fourth-order valence-electron chi connectivity index (χ4n) is 1.55. The zero-order valence-electron chi connectivity index (χ0n) is 11.5. The van der Waals surface area contributed by atoms with Gasteiger partial charge in [-0.05, 0) is 25.0 Å². The summed E-state index contributed by atoms with van der Waals surface area (Å²) in [5.41, 5.74) is 6.43. The van der Waals surface area contributed by atoms with Crippen LogP contribution in [0.4, 0.5) is 5.69 Å². The number of rotatable bonds is 8. The molecule has 0 aliphatic carbocycles. The molecule has 4 N–H and O–H groups in total. The van der Waals surface area contributed by atoms with E-state index >= 15 is 0 Å². The lowest BCUT2D eigenvalue weighted by Crippen LogP contribution is -2.29. The molecule has 1 atom stereocenters. The van der Waals surface area contributed by atoms with Crippen molar-refractivity contribution >= 4 is 15.7 Å². The maximum atomic E-state index is 12.1. The Morgan fingerprint density at radius 3 is 2.58 bits per heavy atom. The van der Waals surface area contributed by atoms with Crippen LogP contribution >= 0.6 is 0 Å². The lowest BCUT2D eigenvalue weighted by atomic mass is 10.2. The van der Waals surface area contributed by atoms with Crippen molar-refractivity contribution < 1.29 is 8.42 Å². The monoisotopic (exact) mass is 285 g/mol. The van der Waals surface area contributed by atoms with Crippen LogP contribution < -0.4 is 15.8 Å². The lowest BCUT2D eigenvalue weighted by Gasteiger charge is -2.15. The Bertz CT molecular complexity index is 488. The summed E-state index contributed by atoms with van der Waals surface area (Å²) in [6, 6.07) is 6.88. The van der Waals surface area contributed by atoms with Crippen LogP contribution in [0.25, 0.3) is 0 Å². The summed E-state index contributed by atoms with van der Waals surface area (Å²) >= 11 is 0. The van der Waals surface area contributed by atoms with E-state index in [4.69, 9.17) is 5.73 Å². The Morgan fingerprint density at radius 1 is 1.26 bits per heavy atom. The number of hydrogen-bond acceptors (Lipinski definition) is 4. The van der Waals surface area contributed by atoms with Crippen LogP contribution in [-0.4, -0.2) is 27.5 Å². The van der Waals surface area contributed by atoms with Crippen molar-refractivity contribution in [3.63, 3.8) is 0 Å². The van der Waals surface area contributed by atoms with E-state index in [1.807, 2.05) is 13.8 Å². The number of sulfonamides is 1. The third kappa shape index (κ3) is 4.81. The van der Waals surface area contributed by atoms with E-state index in [1.165, 1.54) is 0 Å². The molecule has 1 unspecified atom stereocenters. The molecule has 0 aromatic heterocycles. The minimum absolute atomic E-state index is 0.0133. The van der Waals surface area contributed by atoms with E-state index in [-0.39, 0.29) is 10.9 Å². The van der Waals surface area contributed by atoms with Crippen molar-refractivity contribution in [1.29, 1.82) is 0 Å². The molecule has 1 rings (SSSR count). The average molecular weight is 285 g/mol. The molecule has 0 aliphatic rings. The lowest BCUT2D eigenvalue weighted by molar-refractivity contribution is 0.581. The van der Waals surface area contributed by atoms with Gasteiger partial charge in [0.05, 0.1) is 5.69 Å². The van der Waals surface area contributed by atoms with E-state index in [0.717, 1.165) is 12.8 Å². The number of anilines is 1. The van der Waals surface area contributed by atoms with Crippen LogP contribution in [0.15, 0.2) is 29.2 Å². The van der Waals surface area contributed by atoms with Gasteiger partial charge in [0.25, 0.3) is 0 Å². The summed E-state index contributed by atoms with van der Waals surface area (Å²) in [4.78, 5) is 0.270. The van der Waals surface area contributed by atoms with Gasteiger partial charge in [0.15, 0.2) is 0 Å². The molecule has 0 heterocycles. The SMILES string of the molecule is CCCNS(=O)(=O)c1ccccc1NCC(N)CC. The third-order valence-electron chi connectivity index (χ3n) is 2.80. The molecule has 0 spiro atoms. The van der Waals surface area contributed by atoms with Crippen molar-refractivity contribution in [2.45, 2.75) is 37.6 Å². The molecule has 0 fully saturated rings. The smallest absolute Gasteiger partial charge is 0.242 e. The molecule has 6 heteroatoms. The first-order chi connectivity index (χ1) is 9.01. The first kappa shape index (κ1) is 15.9. The highest BCUT2D eigenvalue weighted by atomic mass is 32.2. The second-order valence-corrected chi connectivity index (χ2v) is 6.18. The van der Waals surface area contributed by atoms with Gasteiger partial charge in [0, 0.05) is 19.1 Å². The Kier molecular flexibility index (Phi) is 6.27. The number of para-hydroxylation sites is 1. The highest BCUT2D eigenvalue weighted by Gasteiger charge is 2.17. The van der Waals surface area contributed by atoms with E-state index in [0.29, 0.717) is 18.8 Å². The van der Waals surface area contributed by atoms with Crippen LogP contribution in [0.2, 0.25) is 0 Å². The van der Waals surface area contributed by atoms with Gasteiger partial charge in [-0.2, -0.15) is 0 Å². The van der Waals surface area contributed by atoms with Gasteiger partial charge in [0.1, 0.15) is 4.90 Å². The van der Waals surface area contributed by atoms with Crippen LogP contribution in [-0.2, 0) is 10.0 Å². The molecule has 0 saturated heterocycles. The Hall–Kier alpha value is -1.11. The largest absolute Gasteiger partial charge is 0.382 e. The maximum Gasteiger partial charge on any atom is 0.242 e. The maximum absolute atomic E-state index is 12.1. The van der Waals surface area contributed by atoms with Crippen molar-refractivity contribution in [3.05, 3.63) is 24.3 Å². The molecule has 1 aromatic carbocycles. The van der Waals surface area contributed by atoms with Crippen LogP contribution in [0, 0.1) is 0 Å². The summed E-state index contributed by atoms with van der Waals surface area (Å²) < 4.78 is 26.9. The Labute approximate surface area is 115 Å². The van der Waals surface area contributed by atoms with Crippen molar-refractivity contribution in [3.8, 4) is 0 Å². The second-order valence-electron chi connectivity index (χ2n) is 4.44.